The number of nitrogens with one attached hydrogen (secondary N) is 1. The Bertz CT molecular complexity index is 864. The second kappa shape index (κ2) is 8.20. The lowest BCUT2D eigenvalue weighted by Crippen LogP contribution is -2.33. The highest BCUT2D eigenvalue weighted by Gasteiger charge is 2.37. The van der Waals surface area contributed by atoms with E-state index < -0.39 is 41.2 Å². The van der Waals surface area contributed by atoms with Crippen molar-refractivity contribution in [3.8, 4) is 0 Å². The summed E-state index contributed by atoms with van der Waals surface area (Å²) in [7, 11) is 0. The lowest BCUT2D eigenvalue weighted by atomic mass is 10.1. The molecule has 1 aliphatic heterocycles. The molecule has 1 fully saturated rings. The SMILES string of the molecule is C[C@H](OC(=O)[C@H]1CC(=O)N(Cc2ccco2)C1)C(=O)Nc1c(F)cccc1F. The third-order valence-corrected chi connectivity index (χ3v) is 4.35. The molecule has 1 aromatic heterocycles. The second-order valence-electron chi connectivity index (χ2n) is 6.42. The highest BCUT2D eigenvalue weighted by atomic mass is 19.1. The number of carbonyl (C=O) groups excluding carboxylic acids is 3. The Morgan fingerprint density at radius 2 is 2.00 bits per heavy atom. The van der Waals surface area contributed by atoms with E-state index in [-0.39, 0.29) is 25.4 Å². The van der Waals surface area contributed by atoms with Gasteiger partial charge >= 0.3 is 5.97 Å². The number of rotatable bonds is 6. The average Bonchev–Trinajstić information content (AvgIpc) is 3.28. The summed E-state index contributed by atoms with van der Waals surface area (Å²) < 4.78 is 37.5. The van der Waals surface area contributed by atoms with Crippen LogP contribution in [-0.2, 0) is 25.7 Å². The number of ether oxygens (including phenoxy) is 1. The van der Waals surface area contributed by atoms with Crippen LogP contribution in [0.25, 0.3) is 0 Å². The predicted molar refractivity (Wildman–Crippen MR) is 92.8 cm³/mol. The molecule has 148 valence electrons. The zero-order valence-electron chi connectivity index (χ0n) is 15.0. The van der Waals surface area contributed by atoms with Gasteiger partial charge in [0.1, 0.15) is 23.1 Å². The summed E-state index contributed by atoms with van der Waals surface area (Å²) in [5.41, 5.74) is -0.615. The molecule has 1 aliphatic rings. The number of benzene rings is 1. The Labute approximate surface area is 159 Å². The van der Waals surface area contributed by atoms with Crippen molar-refractivity contribution < 1.29 is 32.3 Å². The third-order valence-electron chi connectivity index (χ3n) is 4.35. The summed E-state index contributed by atoms with van der Waals surface area (Å²) in [5.74, 6) is -3.88. The number of anilines is 1. The van der Waals surface area contributed by atoms with E-state index in [2.05, 4.69) is 5.32 Å². The number of amides is 2. The molecule has 3 rings (SSSR count). The minimum atomic E-state index is -1.29. The maximum absolute atomic E-state index is 13.6. The van der Waals surface area contributed by atoms with E-state index >= 15 is 0 Å². The molecule has 0 aliphatic carbocycles. The van der Waals surface area contributed by atoms with Crippen molar-refractivity contribution in [3.63, 3.8) is 0 Å². The molecule has 28 heavy (non-hydrogen) atoms. The van der Waals surface area contributed by atoms with Crippen LogP contribution >= 0.6 is 0 Å². The van der Waals surface area contributed by atoms with Gasteiger partial charge in [-0.2, -0.15) is 0 Å². The monoisotopic (exact) mass is 392 g/mol. The molecule has 2 aromatic rings. The molecule has 0 spiro atoms. The molecule has 2 atom stereocenters. The van der Waals surface area contributed by atoms with Gasteiger partial charge in [0, 0.05) is 13.0 Å². The van der Waals surface area contributed by atoms with E-state index in [9.17, 15) is 23.2 Å². The maximum atomic E-state index is 13.6. The average molecular weight is 392 g/mol. The van der Waals surface area contributed by atoms with Crippen LogP contribution in [0.5, 0.6) is 0 Å². The Kier molecular flexibility index (Phi) is 5.72. The van der Waals surface area contributed by atoms with Crippen LogP contribution in [0, 0.1) is 17.6 Å². The fourth-order valence-corrected chi connectivity index (χ4v) is 2.84. The minimum absolute atomic E-state index is 0.0458. The van der Waals surface area contributed by atoms with Gasteiger partial charge in [0.15, 0.2) is 6.10 Å². The summed E-state index contributed by atoms with van der Waals surface area (Å²) in [6.07, 6.45) is 0.150. The van der Waals surface area contributed by atoms with E-state index in [0.717, 1.165) is 18.2 Å². The van der Waals surface area contributed by atoms with E-state index in [1.807, 2.05) is 0 Å². The number of hydrogen-bond donors (Lipinski definition) is 1. The van der Waals surface area contributed by atoms with Crippen LogP contribution in [0.4, 0.5) is 14.5 Å². The van der Waals surface area contributed by atoms with Gasteiger partial charge in [0.2, 0.25) is 5.91 Å². The molecule has 1 aromatic carbocycles. The molecule has 9 heteroatoms. The smallest absolute Gasteiger partial charge is 0.312 e. The first kappa shape index (κ1) is 19.5. The molecule has 0 unspecified atom stereocenters. The van der Waals surface area contributed by atoms with Gasteiger partial charge in [0.05, 0.1) is 18.7 Å². The molecule has 0 radical (unpaired) electrons. The zero-order chi connectivity index (χ0) is 20.3. The van der Waals surface area contributed by atoms with Crippen LogP contribution in [0.2, 0.25) is 0 Å². The minimum Gasteiger partial charge on any atom is -0.467 e. The lowest BCUT2D eigenvalue weighted by Gasteiger charge is -2.17. The largest absolute Gasteiger partial charge is 0.467 e. The van der Waals surface area contributed by atoms with Crippen molar-refractivity contribution in [2.45, 2.75) is 26.0 Å². The summed E-state index contributed by atoms with van der Waals surface area (Å²) >= 11 is 0. The molecule has 1 saturated heterocycles. The van der Waals surface area contributed by atoms with Gasteiger partial charge in [-0.25, -0.2) is 8.78 Å². The Morgan fingerprint density at radius 1 is 1.29 bits per heavy atom. The van der Waals surface area contributed by atoms with Crippen LogP contribution in [0.15, 0.2) is 41.0 Å². The second-order valence-corrected chi connectivity index (χ2v) is 6.42. The van der Waals surface area contributed by atoms with Crippen molar-refractivity contribution in [1.29, 1.82) is 0 Å². The highest BCUT2D eigenvalue weighted by Crippen LogP contribution is 2.23. The van der Waals surface area contributed by atoms with Crippen molar-refractivity contribution in [1.82, 2.24) is 4.90 Å². The summed E-state index contributed by atoms with van der Waals surface area (Å²) in [6, 6.07) is 6.56. The Balaban J connectivity index is 1.55. The number of halogens is 2. The molecule has 0 bridgehead atoms. The molecular formula is C19H18F2N2O5. The molecule has 1 N–H and O–H groups in total. The number of carbonyl (C=O) groups is 3. The van der Waals surface area contributed by atoms with Gasteiger partial charge in [-0.15, -0.1) is 0 Å². The van der Waals surface area contributed by atoms with Crippen molar-refractivity contribution in [2.75, 3.05) is 11.9 Å². The predicted octanol–water partition coefficient (Wildman–Crippen LogP) is 2.48. The topological polar surface area (TPSA) is 88.9 Å². The van der Waals surface area contributed by atoms with E-state index in [1.54, 1.807) is 12.1 Å². The van der Waals surface area contributed by atoms with E-state index in [4.69, 9.17) is 9.15 Å². The van der Waals surface area contributed by atoms with Crippen LogP contribution in [-0.4, -0.2) is 35.3 Å². The number of esters is 1. The van der Waals surface area contributed by atoms with Gasteiger partial charge in [-0.3, -0.25) is 14.4 Å². The molecule has 0 saturated carbocycles. The first-order valence-electron chi connectivity index (χ1n) is 8.60. The third kappa shape index (κ3) is 4.36. The van der Waals surface area contributed by atoms with Gasteiger partial charge in [-0.05, 0) is 31.2 Å². The van der Waals surface area contributed by atoms with E-state index in [1.165, 1.54) is 18.1 Å². The fraction of sp³-hybridized carbons (Fsp3) is 0.316. The van der Waals surface area contributed by atoms with Crippen LogP contribution in [0.1, 0.15) is 19.1 Å². The summed E-state index contributed by atoms with van der Waals surface area (Å²) in [5, 5.41) is 2.07. The molecule has 7 nitrogen and oxygen atoms in total. The van der Waals surface area contributed by atoms with Crippen molar-refractivity contribution in [3.05, 3.63) is 54.0 Å². The maximum Gasteiger partial charge on any atom is 0.312 e. The highest BCUT2D eigenvalue weighted by molar-refractivity contribution is 5.96. The van der Waals surface area contributed by atoms with E-state index in [0.29, 0.717) is 5.76 Å². The standard InChI is InChI=1S/C19H18F2N2O5/c1-11(18(25)22-17-14(20)5-2-6-15(17)21)28-19(26)12-8-16(24)23(9-12)10-13-4-3-7-27-13/h2-7,11-12H,8-10H2,1H3,(H,22,25)/t11-,12-/m0/s1. The van der Waals surface area contributed by atoms with Gasteiger partial charge in [-0.1, -0.05) is 6.07 Å². The fourth-order valence-electron chi connectivity index (χ4n) is 2.84. The Morgan fingerprint density at radius 3 is 2.64 bits per heavy atom. The van der Waals surface area contributed by atoms with Crippen molar-refractivity contribution in [2.24, 2.45) is 5.92 Å². The lowest BCUT2D eigenvalue weighted by molar-refractivity contribution is -0.157. The first-order chi connectivity index (χ1) is 13.3. The number of furan rings is 1. The van der Waals surface area contributed by atoms with Crippen molar-refractivity contribution >= 4 is 23.5 Å². The van der Waals surface area contributed by atoms with Crippen LogP contribution in [0.3, 0.4) is 0 Å². The normalized spacial score (nSPS) is 17.5. The number of nitrogens with zero attached hydrogens (tertiary/aromatic N) is 1. The number of hydrogen-bond acceptors (Lipinski definition) is 5. The number of likely N-dealkylation sites (tertiary alicyclic amines) is 1. The Hall–Kier alpha value is -3.23. The zero-order valence-corrected chi connectivity index (χ0v) is 15.0. The van der Waals surface area contributed by atoms with Gasteiger partial charge < -0.3 is 19.4 Å². The first-order valence-corrected chi connectivity index (χ1v) is 8.60. The number of para-hydroxylation sites is 1. The molecule has 2 amide bonds. The molecule has 2 heterocycles. The van der Waals surface area contributed by atoms with Crippen LogP contribution < -0.4 is 5.32 Å². The van der Waals surface area contributed by atoms with Gasteiger partial charge in [0.25, 0.3) is 5.91 Å². The quantitative estimate of drug-likeness (QED) is 0.763. The summed E-state index contributed by atoms with van der Waals surface area (Å²) in [4.78, 5) is 37.9. The summed E-state index contributed by atoms with van der Waals surface area (Å²) in [6.45, 7) is 1.65. The molecular weight excluding hydrogens is 374 g/mol.